The van der Waals surface area contributed by atoms with Crippen LogP contribution in [0.15, 0.2) is 36.5 Å². The van der Waals surface area contributed by atoms with Crippen LogP contribution in [0.25, 0.3) is 0 Å². The number of amides is 1. The van der Waals surface area contributed by atoms with Crippen molar-refractivity contribution in [2.75, 3.05) is 11.1 Å². The van der Waals surface area contributed by atoms with Gasteiger partial charge in [0, 0.05) is 17.4 Å². The summed E-state index contributed by atoms with van der Waals surface area (Å²) in [6, 6.07) is 8.34. The number of hydrogen-bond donors (Lipinski definition) is 3. The van der Waals surface area contributed by atoms with Crippen LogP contribution in [0.4, 0.5) is 17.2 Å². The van der Waals surface area contributed by atoms with E-state index in [1.165, 1.54) is 6.20 Å². The van der Waals surface area contributed by atoms with Crippen LogP contribution in [0.1, 0.15) is 10.4 Å². The van der Waals surface area contributed by atoms with Crippen molar-refractivity contribution in [3.8, 4) is 0 Å². The van der Waals surface area contributed by atoms with Gasteiger partial charge >= 0.3 is 0 Å². The number of pyridine rings is 1. The highest BCUT2D eigenvalue weighted by atomic mass is 35.5. The van der Waals surface area contributed by atoms with Gasteiger partial charge in [-0.1, -0.05) is 17.7 Å². The lowest BCUT2D eigenvalue weighted by atomic mass is 10.2. The van der Waals surface area contributed by atoms with Crippen LogP contribution in [0.3, 0.4) is 0 Å². The third kappa shape index (κ3) is 2.70. The van der Waals surface area contributed by atoms with Crippen LogP contribution >= 0.6 is 11.6 Å². The smallest absolute Gasteiger partial charge is 0.248 e. The van der Waals surface area contributed by atoms with Gasteiger partial charge in [0.2, 0.25) is 5.91 Å². The monoisotopic (exact) mass is 262 g/mol. The largest absolute Gasteiger partial charge is 0.396 e. The number of carbonyl (C=O) groups is 1. The van der Waals surface area contributed by atoms with E-state index in [1.807, 2.05) is 0 Å². The van der Waals surface area contributed by atoms with Crippen LogP contribution in [-0.4, -0.2) is 10.9 Å². The molecule has 0 atom stereocenters. The van der Waals surface area contributed by atoms with E-state index in [4.69, 9.17) is 23.1 Å². The fraction of sp³-hybridized carbons (Fsp3) is 0. The lowest BCUT2D eigenvalue weighted by Gasteiger charge is -2.09. The fourth-order valence-corrected chi connectivity index (χ4v) is 1.61. The number of hydrogen-bond acceptors (Lipinski definition) is 4. The number of nitrogen functional groups attached to an aromatic ring is 1. The molecule has 1 aromatic carbocycles. The Bertz CT molecular complexity index is 600. The van der Waals surface area contributed by atoms with E-state index in [0.717, 1.165) is 0 Å². The first kappa shape index (κ1) is 12.2. The first-order valence-corrected chi connectivity index (χ1v) is 5.52. The number of aromatic nitrogens is 1. The van der Waals surface area contributed by atoms with E-state index in [-0.39, 0.29) is 0 Å². The Kier molecular flexibility index (Phi) is 3.34. The van der Waals surface area contributed by atoms with Crippen molar-refractivity contribution >= 4 is 34.7 Å². The summed E-state index contributed by atoms with van der Waals surface area (Å²) in [6.45, 7) is 0. The van der Waals surface area contributed by atoms with Crippen LogP contribution in [0.5, 0.6) is 0 Å². The second kappa shape index (κ2) is 4.93. The van der Waals surface area contributed by atoms with Gasteiger partial charge in [0.1, 0.15) is 0 Å². The highest BCUT2D eigenvalue weighted by Crippen LogP contribution is 2.23. The fourth-order valence-electron chi connectivity index (χ4n) is 1.45. The third-order valence-corrected chi connectivity index (χ3v) is 2.50. The molecule has 0 fully saturated rings. The standard InChI is InChI=1S/C12H11ClN4O/c13-8-5-10(14)12(16-6-8)17-9-3-1-2-7(4-9)11(15)18/h1-6H,14H2,(H2,15,18)(H,16,17). The predicted octanol–water partition coefficient (Wildman–Crippen LogP) is 2.16. The molecule has 0 radical (unpaired) electrons. The highest BCUT2D eigenvalue weighted by molar-refractivity contribution is 6.30. The number of nitrogens with one attached hydrogen (secondary N) is 1. The van der Waals surface area contributed by atoms with Crippen LogP contribution in [-0.2, 0) is 0 Å². The Morgan fingerprint density at radius 1 is 1.33 bits per heavy atom. The molecule has 0 aliphatic carbocycles. The first-order valence-electron chi connectivity index (χ1n) is 5.14. The number of nitrogens with two attached hydrogens (primary N) is 2. The molecule has 5 N–H and O–H groups in total. The maximum absolute atomic E-state index is 11.1. The number of benzene rings is 1. The van der Waals surface area contributed by atoms with Crippen LogP contribution < -0.4 is 16.8 Å². The van der Waals surface area contributed by atoms with Gasteiger partial charge < -0.3 is 16.8 Å². The van der Waals surface area contributed by atoms with Gasteiger partial charge in [-0.2, -0.15) is 0 Å². The second-order valence-corrected chi connectivity index (χ2v) is 4.10. The molecule has 0 unspecified atom stereocenters. The molecule has 6 heteroatoms. The molecule has 1 aromatic heterocycles. The molecule has 0 saturated carbocycles. The molecule has 0 saturated heterocycles. The first-order chi connectivity index (χ1) is 8.56. The van der Waals surface area contributed by atoms with Crippen molar-refractivity contribution in [3.63, 3.8) is 0 Å². The van der Waals surface area contributed by atoms with Gasteiger partial charge in [-0.3, -0.25) is 4.79 Å². The highest BCUT2D eigenvalue weighted by Gasteiger charge is 2.04. The van der Waals surface area contributed by atoms with Crippen molar-refractivity contribution in [1.29, 1.82) is 0 Å². The van der Waals surface area contributed by atoms with Crippen molar-refractivity contribution in [2.45, 2.75) is 0 Å². The maximum Gasteiger partial charge on any atom is 0.248 e. The minimum atomic E-state index is -0.490. The summed E-state index contributed by atoms with van der Waals surface area (Å²) in [5.41, 5.74) is 12.5. The van der Waals surface area contributed by atoms with Crippen molar-refractivity contribution in [1.82, 2.24) is 4.98 Å². The lowest BCUT2D eigenvalue weighted by molar-refractivity contribution is 0.100. The maximum atomic E-state index is 11.1. The van der Waals surface area contributed by atoms with E-state index in [9.17, 15) is 4.79 Å². The number of rotatable bonds is 3. The SMILES string of the molecule is NC(=O)c1cccc(Nc2ncc(Cl)cc2N)c1. The zero-order chi connectivity index (χ0) is 13.1. The summed E-state index contributed by atoms with van der Waals surface area (Å²) in [7, 11) is 0. The lowest BCUT2D eigenvalue weighted by Crippen LogP contribution is -2.11. The van der Waals surface area contributed by atoms with Gasteiger partial charge in [0.15, 0.2) is 5.82 Å². The van der Waals surface area contributed by atoms with Gasteiger partial charge in [-0.25, -0.2) is 4.98 Å². The molecule has 0 spiro atoms. The van der Waals surface area contributed by atoms with Gasteiger partial charge in [-0.05, 0) is 24.3 Å². The summed E-state index contributed by atoms with van der Waals surface area (Å²) < 4.78 is 0. The summed E-state index contributed by atoms with van der Waals surface area (Å²) in [5, 5.41) is 3.45. The van der Waals surface area contributed by atoms with Crippen LogP contribution in [0.2, 0.25) is 5.02 Å². The van der Waals surface area contributed by atoms with E-state index < -0.39 is 5.91 Å². The molecular weight excluding hydrogens is 252 g/mol. The zero-order valence-electron chi connectivity index (χ0n) is 9.35. The Morgan fingerprint density at radius 3 is 2.78 bits per heavy atom. The molecule has 1 heterocycles. The number of nitrogens with zero attached hydrogens (tertiary/aromatic N) is 1. The molecule has 18 heavy (non-hydrogen) atoms. The minimum Gasteiger partial charge on any atom is -0.396 e. The quantitative estimate of drug-likeness (QED) is 0.790. The Labute approximate surface area is 109 Å². The predicted molar refractivity (Wildman–Crippen MR) is 71.9 cm³/mol. The normalized spacial score (nSPS) is 10.1. The summed E-state index contributed by atoms with van der Waals surface area (Å²) in [5.74, 6) is -0.0169. The number of primary amides is 1. The third-order valence-electron chi connectivity index (χ3n) is 2.29. The zero-order valence-corrected chi connectivity index (χ0v) is 10.1. The molecule has 92 valence electrons. The van der Waals surface area contributed by atoms with E-state index in [0.29, 0.717) is 27.8 Å². The Morgan fingerprint density at radius 2 is 2.11 bits per heavy atom. The van der Waals surface area contributed by atoms with Gasteiger partial charge in [0.05, 0.1) is 10.7 Å². The molecular formula is C12H11ClN4O. The molecule has 2 aromatic rings. The summed E-state index contributed by atoms with van der Waals surface area (Å²) in [4.78, 5) is 15.1. The van der Waals surface area contributed by atoms with Gasteiger partial charge in [-0.15, -0.1) is 0 Å². The van der Waals surface area contributed by atoms with Crippen molar-refractivity contribution < 1.29 is 4.79 Å². The van der Waals surface area contributed by atoms with Crippen molar-refractivity contribution in [2.24, 2.45) is 5.73 Å². The molecule has 0 aliphatic heterocycles. The van der Waals surface area contributed by atoms with E-state index >= 15 is 0 Å². The Hall–Kier alpha value is -2.27. The molecule has 2 rings (SSSR count). The summed E-state index contributed by atoms with van der Waals surface area (Å²) >= 11 is 5.76. The molecule has 0 bridgehead atoms. The number of carbonyl (C=O) groups excluding carboxylic acids is 1. The number of halogens is 1. The van der Waals surface area contributed by atoms with E-state index in [2.05, 4.69) is 10.3 Å². The molecule has 0 aliphatic rings. The second-order valence-electron chi connectivity index (χ2n) is 3.66. The number of anilines is 3. The van der Waals surface area contributed by atoms with Crippen LogP contribution in [0, 0.1) is 0 Å². The molecule has 1 amide bonds. The molecule has 5 nitrogen and oxygen atoms in total. The average Bonchev–Trinajstić information content (AvgIpc) is 2.33. The Balaban J connectivity index is 2.28. The van der Waals surface area contributed by atoms with Crippen molar-refractivity contribution in [3.05, 3.63) is 47.1 Å². The minimum absolute atomic E-state index is 0.410. The topological polar surface area (TPSA) is 94.0 Å². The van der Waals surface area contributed by atoms with Gasteiger partial charge in [0.25, 0.3) is 0 Å². The average molecular weight is 263 g/mol. The van der Waals surface area contributed by atoms with E-state index in [1.54, 1.807) is 30.3 Å². The summed E-state index contributed by atoms with van der Waals surface area (Å²) in [6.07, 6.45) is 1.48.